The molecule has 0 aliphatic heterocycles. The zero-order valence-electron chi connectivity index (χ0n) is 10.6. The van der Waals surface area contributed by atoms with Gasteiger partial charge in [0.1, 0.15) is 6.10 Å². The minimum Gasteiger partial charge on any atom is -0.384 e. The van der Waals surface area contributed by atoms with Gasteiger partial charge in [-0.1, -0.05) is 60.2 Å². The molecule has 1 atom stereocenters. The highest BCUT2D eigenvalue weighted by atomic mass is 16.3. The fourth-order valence-electron chi connectivity index (χ4n) is 2.04. The lowest BCUT2D eigenvalue weighted by Gasteiger charge is -2.12. The van der Waals surface area contributed by atoms with Crippen molar-refractivity contribution in [3.63, 3.8) is 0 Å². The van der Waals surface area contributed by atoms with E-state index in [-0.39, 0.29) is 0 Å². The first-order valence-electron chi connectivity index (χ1n) is 6.15. The Labute approximate surface area is 108 Å². The molecule has 0 radical (unpaired) electrons. The average molecular weight is 238 g/mol. The SMILES string of the molecule is C=CCc1ccc(C(O)c2cccc(C)c2)cc1. The van der Waals surface area contributed by atoms with Crippen molar-refractivity contribution >= 4 is 0 Å². The lowest BCUT2D eigenvalue weighted by atomic mass is 9.98. The van der Waals surface area contributed by atoms with Crippen molar-refractivity contribution in [1.82, 2.24) is 0 Å². The highest BCUT2D eigenvalue weighted by Crippen LogP contribution is 2.22. The lowest BCUT2D eigenvalue weighted by molar-refractivity contribution is 0.220. The Hall–Kier alpha value is -1.86. The van der Waals surface area contributed by atoms with Crippen molar-refractivity contribution in [2.45, 2.75) is 19.4 Å². The van der Waals surface area contributed by atoms with Crippen LogP contribution in [0.15, 0.2) is 61.2 Å². The fraction of sp³-hybridized carbons (Fsp3) is 0.176. The van der Waals surface area contributed by atoms with Gasteiger partial charge in [-0.15, -0.1) is 6.58 Å². The second-order valence-corrected chi connectivity index (χ2v) is 4.55. The number of aliphatic hydroxyl groups is 1. The van der Waals surface area contributed by atoms with Crippen LogP contribution in [0.2, 0.25) is 0 Å². The number of allylic oxidation sites excluding steroid dienone is 1. The molecule has 0 saturated heterocycles. The summed E-state index contributed by atoms with van der Waals surface area (Å²) < 4.78 is 0. The first kappa shape index (κ1) is 12.6. The summed E-state index contributed by atoms with van der Waals surface area (Å²) in [5, 5.41) is 10.3. The molecule has 1 unspecified atom stereocenters. The summed E-state index contributed by atoms with van der Waals surface area (Å²) in [7, 11) is 0. The van der Waals surface area contributed by atoms with Crippen LogP contribution in [0, 0.1) is 6.92 Å². The van der Waals surface area contributed by atoms with Crippen LogP contribution < -0.4 is 0 Å². The summed E-state index contributed by atoms with van der Waals surface area (Å²) in [6.07, 6.45) is 2.19. The van der Waals surface area contributed by atoms with E-state index in [2.05, 4.69) is 6.58 Å². The maximum atomic E-state index is 10.3. The number of rotatable bonds is 4. The van der Waals surface area contributed by atoms with E-state index >= 15 is 0 Å². The van der Waals surface area contributed by atoms with E-state index in [0.717, 1.165) is 23.1 Å². The predicted octanol–water partition coefficient (Wildman–Crippen LogP) is 3.81. The van der Waals surface area contributed by atoms with E-state index < -0.39 is 6.10 Å². The molecule has 1 nitrogen and oxygen atoms in total. The molecule has 2 rings (SSSR count). The molecule has 0 aliphatic carbocycles. The van der Waals surface area contributed by atoms with Crippen molar-refractivity contribution in [2.75, 3.05) is 0 Å². The first-order valence-corrected chi connectivity index (χ1v) is 6.15. The summed E-state index contributed by atoms with van der Waals surface area (Å²) in [5.41, 5.74) is 4.24. The van der Waals surface area contributed by atoms with E-state index in [1.807, 2.05) is 61.5 Å². The fourth-order valence-corrected chi connectivity index (χ4v) is 2.04. The van der Waals surface area contributed by atoms with E-state index in [4.69, 9.17) is 0 Å². The van der Waals surface area contributed by atoms with Crippen LogP contribution in [0.1, 0.15) is 28.4 Å². The zero-order chi connectivity index (χ0) is 13.0. The standard InChI is InChI=1S/C17H18O/c1-3-5-14-8-10-15(11-9-14)17(18)16-7-4-6-13(2)12-16/h3-4,6-12,17-18H,1,5H2,2H3. The summed E-state index contributed by atoms with van der Waals surface area (Å²) in [5.74, 6) is 0. The monoisotopic (exact) mass is 238 g/mol. The summed E-state index contributed by atoms with van der Waals surface area (Å²) in [4.78, 5) is 0. The zero-order valence-corrected chi connectivity index (χ0v) is 10.6. The van der Waals surface area contributed by atoms with Crippen molar-refractivity contribution in [3.05, 3.63) is 83.4 Å². The second-order valence-electron chi connectivity index (χ2n) is 4.55. The van der Waals surface area contributed by atoms with Gasteiger partial charge in [-0.05, 0) is 30.0 Å². The third kappa shape index (κ3) is 2.88. The molecule has 0 heterocycles. The normalized spacial score (nSPS) is 12.1. The predicted molar refractivity (Wildman–Crippen MR) is 75.6 cm³/mol. The Morgan fingerprint density at radius 3 is 2.44 bits per heavy atom. The second kappa shape index (κ2) is 5.65. The van der Waals surface area contributed by atoms with Crippen LogP contribution in [0.25, 0.3) is 0 Å². The van der Waals surface area contributed by atoms with Crippen molar-refractivity contribution in [2.24, 2.45) is 0 Å². The molecule has 0 aromatic heterocycles. The van der Waals surface area contributed by atoms with Crippen LogP contribution in [0.3, 0.4) is 0 Å². The van der Waals surface area contributed by atoms with Crippen LogP contribution in [0.4, 0.5) is 0 Å². The Bertz CT molecular complexity index is 526. The molecule has 2 aromatic rings. The number of aryl methyl sites for hydroxylation is 1. The van der Waals surface area contributed by atoms with Crippen molar-refractivity contribution < 1.29 is 5.11 Å². The number of benzene rings is 2. The Balaban J connectivity index is 2.23. The lowest BCUT2D eigenvalue weighted by Crippen LogP contribution is -2.00. The third-order valence-corrected chi connectivity index (χ3v) is 3.03. The minimum absolute atomic E-state index is 0.553. The molecule has 18 heavy (non-hydrogen) atoms. The van der Waals surface area contributed by atoms with Gasteiger partial charge >= 0.3 is 0 Å². The summed E-state index contributed by atoms with van der Waals surface area (Å²) in [6, 6.07) is 16.0. The van der Waals surface area contributed by atoms with E-state index in [1.54, 1.807) is 0 Å². The van der Waals surface area contributed by atoms with E-state index in [9.17, 15) is 5.11 Å². The van der Waals surface area contributed by atoms with Gasteiger partial charge in [0.2, 0.25) is 0 Å². The largest absolute Gasteiger partial charge is 0.384 e. The maximum Gasteiger partial charge on any atom is 0.104 e. The van der Waals surface area contributed by atoms with Crippen LogP contribution in [-0.4, -0.2) is 5.11 Å². The molecule has 0 fully saturated rings. The van der Waals surface area contributed by atoms with E-state index in [1.165, 1.54) is 5.56 Å². The van der Waals surface area contributed by atoms with Gasteiger partial charge in [0.15, 0.2) is 0 Å². The highest BCUT2D eigenvalue weighted by molar-refractivity contribution is 5.34. The molecule has 2 aromatic carbocycles. The van der Waals surface area contributed by atoms with Crippen LogP contribution >= 0.6 is 0 Å². The topological polar surface area (TPSA) is 20.2 Å². The molecule has 1 N–H and O–H groups in total. The quantitative estimate of drug-likeness (QED) is 0.803. The molecule has 0 bridgehead atoms. The summed E-state index contributed by atoms with van der Waals surface area (Å²) >= 11 is 0. The van der Waals surface area contributed by atoms with Gasteiger partial charge in [-0.3, -0.25) is 0 Å². The van der Waals surface area contributed by atoms with Crippen molar-refractivity contribution in [3.8, 4) is 0 Å². The molecule has 0 saturated carbocycles. The van der Waals surface area contributed by atoms with Crippen molar-refractivity contribution in [1.29, 1.82) is 0 Å². The van der Waals surface area contributed by atoms with Gasteiger partial charge in [0.05, 0.1) is 0 Å². The molecule has 0 aliphatic rings. The van der Waals surface area contributed by atoms with Gasteiger partial charge < -0.3 is 5.11 Å². The molecule has 0 amide bonds. The van der Waals surface area contributed by atoms with Crippen LogP contribution in [-0.2, 0) is 6.42 Å². The summed E-state index contributed by atoms with van der Waals surface area (Å²) in [6.45, 7) is 5.75. The minimum atomic E-state index is -0.553. The van der Waals surface area contributed by atoms with Gasteiger partial charge in [0, 0.05) is 0 Å². The number of hydrogen-bond donors (Lipinski definition) is 1. The van der Waals surface area contributed by atoms with E-state index in [0.29, 0.717) is 0 Å². The van der Waals surface area contributed by atoms with Gasteiger partial charge in [-0.2, -0.15) is 0 Å². The van der Waals surface area contributed by atoms with Gasteiger partial charge in [0.25, 0.3) is 0 Å². The van der Waals surface area contributed by atoms with Crippen LogP contribution in [0.5, 0.6) is 0 Å². The Morgan fingerprint density at radius 1 is 1.11 bits per heavy atom. The Kier molecular flexibility index (Phi) is 3.96. The van der Waals surface area contributed by atoms with Gasteiger partial charge in [-0.25, -0.2) is 0 Å². The molecular weight excluding hydrogens is 220 g/mol. The first-order chi connectivity index (χ1) is 8.70. The third-order valence-electron chi connectivity index (χ3n) is 3.03. The average Bonchev–Trinajstić information content (AvgIpc) is 2.39. The smallest absolute Gasteiger partial charge is 0.104 e. The number of aliphatic hydroxyl groups excluding tert-OH is 1. The molecule has 0 spiro atoms. The Morgan fingerprint density at radius 2 is 1.83 bits per heavy atom. The highest BCUT2D eigenvalue weighted by Gasteiger charge is 2.09. The molecular formula is C17H18O. The molecule has 1 heteroatoms. The number of hydrogen-bond acceptors (Lipinski definition) is 1. The maximum absolute atomic E-state index is 10.3. The molecule has 92 valence electrons.